The highest BCUT2D eigenvalue weighted by Crippen LogP contribution is 2.03. The number of carboxylic acid groups (broad SMARTS) is 1. The predicted octanol–water partition coefficient (Wildman–Crippen LogP) is 0.966. The molecular weight excluding hydrogens is 260 g/mol. The zero-order chi connectivity index (χ0) is 14.8. The van der Waals surface area contributed by atoms with Crippen LogP contribution in [-0.2, 0) is 4.79 Å². The molecule has 0 radical (unpaired) electrons. The van der Waals surface area contributed by atoms with E-state index in [1.54, 1.807) is 6.20 Å². The highest BCUT2D eigenvalue weighted by atomic mass is 16.4. The van der Waals surface area contributed by atoms with Gasteiger partial charge in [0.1, 0.15) is 5.82 Å². The van der Waals surface area contributed by atoms with E-state index in [2.05, 4.69) is 20.9 Å². The number of aryl methyl sites for hydroxylation is 1. The first-order valence-corrected chi connectivity index (χ1v) is 6.48. The monoisotopic (exact) mass is 280 g/mol. The molecule has 0 aliphatic carbocycles. The first-order chi connectivity index (χ1) is 9.58. The van der Waals surface area contributed by atoms with Gasteiger partial charge < -0.3 is 21.1 Å². The molecule has 0 unspecified atom stereocenters. The molecule has 4 N–H and O–H groups in total. The number of rotatable bonds is 8. The summed E-state index contributed by atoms with van der Waals surface area (Å²) in [5.41, 5.74) is 1.11. The van der Waals surface area contributed by atoms with Gasteiger partial charge in [-0.1, -0.05) is 6.07 Å². The zero-order valence-electron chi connectivity index (χ0n) is 11.5. The number of carboxylic acids is 1. The van der Waals surface area contributed by atoms with Crippen LogP contribution in [0.1, 0.15) is 18.4 Å². The summed E-state index contributed by atoms with van der Waals surface area (Å²) in [4.78, 5) is 25.7. The van der Waals surface area contributed by atoms with Gasteiger partial charge in [0.2, 0.25) is 0 Å². The summed E-state index contributed by atoms with van der Waals surface area (Å²) in [6.45, 7) is 3.32. The fraction of sp³-hybridized carbons (Fsp3) is 0.462. The summed E-state index contributed by atoms with van der Waals surface area (Å²) >= 11 is 0. The topological polar surface area (TPSA) is 103 Å². The number of hydrogen-bond donors (Lipinski definition) is 4. The summed E-state index contributed by atoms with van der Waals surface area (Å²) < 4.78 is 0. The summed E-state index contributed by atoms with van der Waals surface area (Å²) in [6.07, 6.45) is 2.46. The quantitative estimate of drug-likeness (QED) is 0.531. The van der Waals surface area contributed by atoms with Crippen molar-refractivity contribution in [1.29, 1.82) is 0 Å². The van der Waals surface area contributed by atoms with Gasteiger partial charge in [0.05, 0.1) is 6.42 Å². The molecule has 1 heterocycles. The number of carbonyl (C=O) groups excluding carboxylic acids is 1. The Balaban J connectivity index is 2.02. The van der Waals surface area contributed by atoms with Gasteiger partial charge in [0.25, 0.3) is 0 Å². The summed E-state index contributed by atoms with van der Waals surface area (Å²) in [6, 6.07) is 3.53. The van der Waals surface area contributed by atoms with Crippen molar-refractivity contribution in [3.05, 3.63) is 23.9 Å². The Morgan fingerprint density at radius 2 is 1.95 bits per heavy atom. The lowest BCUT2D eigenvalue weighted by Gasteiger charge is -2.08. The molecule has 1 rings (SSSR count). The first kappa shape index (κ1) is 15.7. The van der Waals surface area contributed by atoms with E-state index in [0.29, 0.717) is 13.1 Å². The van der Waals surface area contributed by atoms with Gasteiger partial charge in [0.15, 0.2) is 0 Å². The largest absolute Gasteiger partial charge is 0.481 e. The maximum atomic E-state index is 11.2. The van der Waals surface area contributed by atoms with E-state index in [1.807, 2.05) is 19.1 Å². The first-order valence-electron chi connectivity index (χ1n) is 6.48. The van der Waals surface area contributed by atoms with Crippen molar-refractivity contribution in [3.63, 3.8) is 0 Å². The lowest BCUT2D eigenvalue weighted by molar-refractivity contribution is -0.136. The Morgan fingerprint density at radius 3 is 2.60 bits per heavy atom. The van der Waals surface area contributed by atoms with E-state index >= 15 is 0 Å². The molecule has 0 saturated heterocycles. The normalized spacial score (nSPS) is 9.85. The van der Waals surface area contributed by atoms with E-state index in [-0.39, 0.29) is 19.0 Å². The number of nitrogens with one attached hydrogen (secondary N) is 3. The minimum Gasteiger partial charge on any atom is -0.481 e. The Hall–Kier alpha value is -2.31. The second-order valence-electron chi connectivity index (χ2n) is 4.33. The summed E-state index contributed by atoms with van der Waals surface area (Å²) in [7, 11) is 0. The Bertz CT molecular complexity index is 434. The summed E-state index contributed by atoms with van der Waals surface area (Å²) in [5.74, 6) is -0.124. The molecule has 0 fully saturated rings. The van der Waals surface area contributed by atoms with Crippen LogP contribution in [0.2, 0.25) is 0 Å². The number of carbonyl (C=O) groups is 2. The van der Waals surface area contributed by atoms with Crippen LogP contribution in [0.4, 0.5) is 10.6 Å². The minimum atomic E-state index is -0.930. The van der Waals surface area contributed by atoms with Crippen LogP contribution < -0.4 is 16.0 Å². The third-order valence-electron chi connectivity index (χ3n) is 2.48. The second-order valence-corrected chi connectivity index (χ2v) is 4.33. The Morgan fingerprint density at radius 1 is 1.20 bits per heavy atom. The smallest absolute Gasteiger partial charge is 0.314 e. The fourth-order valence-corrected chi connectivity index (χ4v) is 1.42. The molecule has 7 nitrogen and oxygen atoms in total. The van der Waals surface area contributed by atoms with Crippen molar-refractivity contribution in [2.24, 2.45) is 0 Å². The Kier molecular flexibility index (Phi) is 6.88. The predicted molar refractivity (Wildman–Crippen MR) is 75.7 cm³/mol. The van der Waals surface area contributed by atoms with Crippen LogP contribution >= 0.6 is 0 Å². The minimum absolute atomic E-state index is 0.0753. The van der Waals surface area contributed by atoms with Crippen molar-refractivity contribution in [2.45, 2.75) is 19.8 Å². The van der Waals surface area contributed by atoms with Crippen LogP contribution in [0.3, 0.4) is 0 Å². The molecule has 20 heavy (non-hydrogen) atoms. The van der Waals surface area contributed by atoms with Crippen molar-refractivity contribution in [1.82, 2.24) is 15.6 Å². The highest BCUT2D eigenvalue weighted by Gasteiger charge is 2.01. The lowest BCUT2D eigenvalue weighted by atomic mass is 10.3. The van der Waals surface area contributed by atoms with E-state index < -0.39 is 5.97 Å². The van der Waals surface area contributed by atoms with Gasteiger partial charge in [-0.3, -0.25) is 4.79 Å². The molecular formula is C13H20N4O3. The van der Waals surface area contributed by atoms with Crippen molar-refractivity contribution in [2.75, 3.05) is 25.0 Å². The molecule has 0 aliphatic heterocycles. The average Bonchev–Trinajstić information content (AvgIpc) is 2.40. The highest BCUT2D eigenvalue weighted by molar-refractivity contribution is 5.74. The summed E-state index contributed by atoms with van der Waals surface area (Å²) in [5, 5.41) is 16.7. The van der Waals surface area contributed by atoms with Crippen molar-refractivity contribution in [3.8, 4) is 0 Å². The lowest BCUT2D eigenvalue weighted by Crippen LogP contribution is -2.37. The maximum Gasteiger partial charge on any atom is 0.314 e. The molecule has 0 aromatic carbocycles. The van der Waals surface area contributed by atoms with Gasteiger partial charge in [-0.05, 0) is 25.0 Å². The van der Waals surface area contributed by atoms with Crippen LogP contribution in [-0.4, -0.2) is 41.7 Å². The average molecular weight is 280 g/mol. The third-order valence-corrected chi connectivity index (χ3v) is 2.48. The van der Waals surface area contributed by atoms with Crippen LogP contribution in [0.15, 0.2) is 18.3 Å². The van der Waals surface area contributed by atoms with E-state index in [9.17, 15) is 9.59 Å². The van der Waals surface area contributed by atoms with Crippen molar-refractivity contribution < 1.29 is 14.7 Å². The number of aliphatic carboxylic acids is 1. The molecule has 0 atom stereocenters. The van der Waals surface area contributed by atoms with Gasteiger partial charge in [-0.2, -0.15) is 0 Å². The fourth-order valence-electron chi connectivity index (χ4n) is 1.42. The maximum absolute atomic E-state index is 11.2. The van der Waals surface area contributed by atoms with Crippen LogP contribution in [0.25, 0.3) is 0 Å². The molecule has 1 aromatic heterocycles. The molecule has 0 saturated carbocycles. The molecule has 7 heteroatoms. The van der Waals surface area contributed by atoms with Gasteiger partial charge in [-0.15, -0.1) is 0 Å². The standard InChI is InChI=1S/C13H20N4O3/c1-10-3-4-11(17-9-10)14-6-2-7-15-13(20)16-8-5-12(18)19/h3-4,9H,2,5-8H2,1H3,(H,14,17)(H,18,19)(H2,15,16,20). The molecule has 0 bridgehead atoms. The Labute approximate surface area is 117 Å². The van der Waals surface area contributed by atoms with E-state index in [0.717, 1.165) is 17.8 Å². The number of hydrogen-bond acceptors (Lipinski definition) is 4. The molecule has 110 valence electrons. The number of aromatic nitrogens is 1. The van der Waals surface area contributed by atoms with Gasteiger partial charge in [0, 0.05) is 25.8 Å². The van der Waals surface area contributed by atoms with E-state index in [4.69, 9.17) is 5.11 Å². The zero-order valence-corrected chi connectivity index (χ0v) is 11.5. The molecule has 2 amide bonds. The molecule has 0 spiro atoms. The molecule has 1 aromatic rings. The van der Waals surface area contributed by atoms with Crippen molar-refractivity contribution >= 4 is 17.8 Å². The van der Waals surface area contributed by atoms with Gasteiger partial charge >= 0.3 is 12.0 Å². The number of urea groups is 1. The molecule has 0 aliphatic rings. The third kappa shape index (κ3) is 7.20. The number of amides is 2. The SMILES string of the molecule is Cc1ccc(NCCCNC(=O)NCCC(=O)O)nc1. The van der Waals surface area contributed by atoms with Crippen LogP contribution in [0, 0.1) is 6.92 Å². The van der Waals surface area contributed by atoms with E-state index in [1.165, 1.54) is 0 Å². The number of anilines is 1. The van der Waals surface area contributed by atoms with Crippen LogP contribution in [0.5, 0.6) is 0 Å². The second kappa shape index (κ2) is 8.73. The van der Waals surface area contributed by atoms with Gasteiger partial charge in [-0.25, -0.2) is 9.78 Å². The number of nitrogens with zero attached hydrogens (tertiary/aromatic N) is 1. The number of pyridine rings is 1.